The lowest BCUT2D eigenvalue weighted by Crippen LogP contribution is -2.40. The molecule has 1 N–H and O–H groups in total. The first-order valence-corrected chi connectivity index (χ1v) is 9.78. The predicted molar refractivity (Wildman–Crippen MR) is 105 cm³/mol. The third kappa shape index (κ3) is 2.87. The number of hydrogen-bond donors (Lipinski definition) is 1. The zero-order valence-electron chi connectivity index (χ0n) is 15.9. The highest BCUT2D eigenvalue weighted by Crippen LogP contribution is 2.41. The quantitative estimate of drug-likeness (QED) is 0.742. The fraction of sp³-hybridized carbons (Fsp3) is 0.381. The van der Waals surface area contributed by atoms with Gasteiger partial charge < -0.3 is 14.8 Å². The van der Waals surface area contributed by atoms with Crippen LogP contribution in [-0.2, 0) is 5.54 Å². The van der Waals surface area contributed by atoms with E-state index in [-0.39, 0.29) is 12.3 Å². The van der Waals surface area contributed by atoms with Crippen molar-refractivity contribution in [3.63, 3.8) is 0 Å². The first-order valence-electron chi connectivity index (χ1n) is 9.78. The lowest BCUT2D eigenvalue weighted by molar-refractivity contribution is 0.174. The first-order chi connectivity index (χ1) is 13.8. The first kappa shape index (κ1) is 17.0. The zero-order chi connectivity index (χ0) is 19.0. The van der Waals surface area contributed by atoms with E-state index in [9.17, 15) is 0 Å². The molecule has 2 heterocycles. The van der Waals surface area contributed by atoms with Crippen LogP contribution in [0, 0.1) is 6.92 Å². The molecule has 1 aliphatic carbocycles. The van der Waals surface area contributed by atoms with Crippen LogP contribution >= 0.6 is 0 Å². The van der Waals surface area contributed by atoms with Crippen molar-refractivity contribution in [3.05, 3.63) is 53.9 Å². The van der Waals surface area contributed by atoms with Crippen molar-refractivity contribution >= 4 is 5.69 Å². The van der Waals surface area contributed by atoms with Crippen LogP contribution in [-0.4, -0.2) is 27.0 Å². The number of nitrogens with zero attached hydrogens (tertiary/aromatic N) is 4. The standard InChI is InChI=1S/C21H23N5O2/c1-15-7-3-4-8-17(15)22-21(11-5-2-6-12-21)20-23-24-25-26(20)16-9-10-18-19(13-16)28-14-27-18/h3-4,7-10,13,22H,2,5-6,11-12,14H2,1H3. The van der Waals surface area contributed by atoms with Crippen LogP contribution in [0.4, 0.5) is 5.69 Å². The molecule has 1 saturated carbocycles. The second-order valence-electron chi connectivity index (χ2n) is 7.53. The molecule has 0 saturated heterocycles. The highest BCUT2D eigenvalue weighted by atomic mass is 16.7. The summed E-state index contributed by atoms with van der Waals surface area (Å²) in [5.41, 5.74) is 2.92. The van der Waals surface area contributed by atoms with Gasteiger partial charge in [-0.1, -0.05) is 37.5 Å². The molecule has 0 amide bonds. The Kier molecular flexibility index (Phi) is 4.15. The number of anilines is 1. The molecule has 28 heavy (non-hydrogen) atoms. The minimum Gasteiger partial charge on any atom is -0.454 e. The maximum Gasteiger partial charge on any atom is 0.231 e. The van der Waals surface area contributed by atoms with Gasteiger partial charge in [0.25, 0.3) is 0 Å². The van der Waals surface area contributed by atoms with Crippen LogP contribution in [0.3, 0.4) is 0 Å². The van der Waals surface area contributed by atoms with Crippen LogP contribution in [0.15, 0.2) is 42.5 Å². The molecule has 7 nitrogen and oxygen atoms in total. The summed E-state index contributed by atoms with van der Waals surface area (Å²) < 4.78 is 12.8. The Bertz CT molecular complexity index is 994. The van der Waals surface area contributed by atoms with Gasteiger partial charge in [-0.25, -0.2) is 0 Å². The molecule has 1 fully saturated rings. The van der Waals surface area contributed by atoms with Crippen LogP contribution in [0.5, 0.6) is 11.5 Å². The summed E-state index contributed by atoms with van der Waals surface area (Å²) in [4.78, 5) is 0. The fourth-order valence-corrected chi connectivity index (χ4v) is 4.21. The number of benzene rings is 2. The van der Waals surface area contributed by atoms with Gasteiger partial charge >= 0.3 is 0 Å². The van der Waals surface area contributed by atoms with Crippen molar-refractivity contribution in [2.45, 2.75) is 44.6 Å². The van der Waals surface area contributed by atoms with Crippen molar-refractivity contribution in [1.82, 2.24) is 20.2 Å². The van der Waals surface area contributed by atoms with E-state index in [1.165, 1.54) is 12.0 Å². The number of aromatic nitrogens is 4. The summed E-state index contributed by atoms with van der Waals surface area (Å²) >= 11 is 0. The van der Waals surface area contributed by atoms with Gasteiger partial charge in [-0.2, -0.15) is 4.68 Å². The van der Waals surface area contributed by atoms with Crippen molar-refractivity contribution in [1.29, 1.82) is 0 Å². The van der Waals surface area contributed by atoms with E-state index in [4.69, 9.17) is 9.47 Å². The molecule has 5 rings (SSSR count). The SMILES string of the molecule is Cc1ccccc1NC1(c2nnnn2-c2ccc3c(c2)OCO3)CCCCC1. The summed E-state index contributed by atoms with van der Waals surface area (Å²) in [6.45, 7) is 2.37. The summed E-state index contributed by atoms with van der Waals surface area (Å²) in [6.07, 6.45) is 5.51. The van der Waals surface area contributed by atoms with Gasteiger partial charge in [0, 0.05) is 11.8 Å². The third-order valence-electron chi connectivity index (χ3n) is 5.72. The number of nitrogens with one attached hydrogen (secondary N) is 1. The molecular formula is C21H23N5O2. The fourth-order valence-electron chi connectivity index (χ4n) is 4.21. The largest absolute Gasteiger partial charge is 0.454 e. The van der Waals surface area contributed by atoms with Crippen molar-refractivity contribution in [2.75, 3.05) is 12.1 Å². The van der Waals surface area contributed by atoms with Crippen LogP contribution in [0.25, 0.3) is 5.69 Å². The lowest BCUT2D eigenvalue weighted by Gasteiger charge is -2.38. The number of tetrazole rings is 1. The predicted octanol–water partition coefficient (Wildman–Crippen LogP) is 3.97. The molecule has 0 radical (unpaired) electrons. The van der Waals surface area contributed by atoms with Crippen molar-refractivity contribution in [2.24, 2.45) is 0 Å². The summed E-state index contributed by atoms with van der Waals surface area (Å²) in [5.74, 6) is 2.32. The zero-order valence-corrected chi connectivity index (χ0v) is 15.9. The molecule has 0 unspecified atom stereocenters. The molecule has 144 valence electrons. The Morgan fingerprint density at radius 2 is 1.82 bits per heavy atom. The molecule has 2 aromatic carbocycles. The van der Waals surface area contributed by atoms with Crippen molar-refractivity contribution < 1.29 is 9.47 Å². The Morgan fingerprint density at radius 1 is 1.00 bits per heavy atom. The number of ether oxygens (including phenoxy) is 2. The topological polar surface area (TPSA) is 74.1 Å². The number of fused-ring (bicyclic) bond motifs is 1. The second kappa shape index (κ2) is 6.82. The van der Waals surface area contributed by atoms with Crippen LogP contribution < -0.4 is 14.8 Å². The van der Waals surface area contributed by atoms with Crippen LogP contribution in [0.1, 0.15) is 43.5 Å². The summed E-state index contributed by atoms with van der Waals surface area (Å²) in [5, 5.41) is 16.6. The second-order valence-corrected chi connectivity index (χ2v) is 7.53. The maximum atomic E-state index is 5.54. The van der Waals surface area contributed by atoms with E-state index in [0.29, 0.717) is 0 Å². The molecule has 1 aromatic heterocycles. The smallest absolute Gasteiger partial charge is 0.231 e. The normalized spacial score (nSPS) is 17.5. The van der Waals surface area contributed by atoms with E-state index in [1.54, 1.807) is 0 Å². The number of rotatable bonds is 4. The third-order valence-corrected chi connectivity index (χ3v) is 5.72. The summed E-state index contributed by atoms with van der Waals surface area (Å²) in [6, 6.07) is 14.2. The molecule has 0 atom stereocenters. The molecular weight excluding hydrogens is 354 g/mol. The highest BCUT2D eigenvalue weighted by molar-refractivity contribution is 5.54. The van der Waals surface area contributed by atoms with E-state index in [1.807, 2.05) is 22.9 Å². The van der Waals surface area contributed by atoms with E-state index >= 15 is 0 Å². The summed E-state index contributed by atoms with van der Waals surface area (Å²) in [7, 11) is 0. The maximum absolute atomic E-state index is 5.54. The average Bonchev–Trinajstić information content (AvgIpc) is 3.39. The number of hydrogen-bond acceptors (Lipinski definition) is 6. The Labute approximate surface area is 163 Å². The molecule has 1 aliphatic heterocycles. The highest BCUT2D eigenvalue weighted by Gasteiger charge is 2.39. The van der Waals surface area contributed by atoms with Crippen molar-refractivity contribution in [3.8, 4) is 17.2 Å². The molecule has 7 heteroatoms. The Balaban J connectivity index is 1.57. The van der Waals surface area contributed by atoms with Gasteiger partial charge in [-0.05, 0) is 54.0 Å². The van der Waals surface area contributed by atoms with E-state index in [0.717, 1.165) is 54.4 Å². The monoisotopic (exact) mass is 377 g/mol. The van der Waals surface area contributed by atoms with Gasteiger partial charge in [0.15, 0.2) is 17.3 Å². The van der Waals surface area contributed by atoms with Gasteiger partial charge in [-0.3, -0.25) is 0 Å². The van der Waals surface area contributed by atoms with Gasteiger partial charge in [0.05, 0.1) is 11.2 Å². The number of para-hydroxylation sites is 1. The van der Waals surface area contributed by atoms with Gasteiger partial charge in [0.2, 0.25) is 6.79 Å². The Morgan fingerprint density at radius 3 is 2.68 bits per heavy atom. The Hall–Kier alpha value is -3.09. The van der Waals surface area contributed by atoms with Crippen LogP contribution in [0.2, 0.25) is 0 Å². The van der Waals surface area contributed by atoms with Gasteiger partial charge in [0.1, 0.15) is 0 Å². The molecule has 3 aromatic rings. The minimum absolute atomic E-state index is 0.250. The number of aryl methyl sites for hydroxylation is 1. The lowest BCUT2D eigenvalue weighted by atomic mass is 9.80. The average molecular weight is 377 g/mol. The molecule has 0 bridgehead atoms. The van der Waals surface area contributed by atoms with E-state index < -0.39 is 0 Å². The molecule has 2 aliphatic rings. The molecule has 0 spiro atoms. The van der Waals surface area contributed by atoms with Gasteiger partial charge in [-0.15, -0.1) is 5.10 Å². The van der Waals surface area contributed by atoms with E-state index in [2.05, 4.69) is 52.0 Å². The minimum atomic E-state index is -0.301.